The zero-order chi connectivity index (χ0) is 16.0. The fourth-order valence-corrected chi connectivity index (χ4v) is 3.77. The lowest BCUT2D eigenvalue weighted by atomic mass is 10.1. The first-order chi connectivity index (χ1) is 9.81. The highest BCUT2D eigenvalue weighted by atomic mass is 35.5. The highest BCUT2D eigenvalue weighted by molar-refractivity contribution is 7.89. The normalized spacial score (nSPS) is 13.4. The Morgan fingerprint density at radius 3 is 2.48 bits per heavy atom. The number of benzene rings is 1. The summed E-state index contributed by atoms with van der Waals surface area (Å²) >= 11 is 12.3. The Balaban J connectivity index is 3.08. The van der Waals surface area contributed by atoms with Gasteiger partial charge in [-0.1, -0.05) is 50.4 Å². The SMILES string of the molecule is CCNCc1cc(Cl)cc(S(=O)(=O)NCC(C)CC)c1Cl. The van der Waals surface area contributed by atoms with E-state index in [2.05, 4.69) is 10.0 Å². The minimum absolute atomic E-state index is 0.0351. The van der Waals surface area contributed by atoms with Crippen molar-refractivity contribution in [2.45, 2.75) is 38.6 Å². The first kappa shape index (κ1) is 18.7. The van der Waals surface area contributed by atoms with E-state index >= 15 is 0 Å². The predicted molar refractivity (Wildman–Crippen MR) is 88.5 cm³/mol. The highest BCUT2D eigenvalue weighted by Crippen LogP contribution is 2.29. The Morgan fingerprint density at radius 1 is 1.24 bits per heavy atom. The molecular formula is C14H22Cl2N2O2S. The van der Waals surface area contributed by atoms with Crippen molar-refractivity contribution in [3.63, 3.8) is 0 Å². The van der Waals surface area contributed by atoms with Crippen LogP contribution >= 0.6 is 23.2 Å². The van der Waals surface area contributed by atoms with Gasteiger partial charge in [-0.15, -0.1) is 0 Å². The van der Waals surface area contributed by atoms with Crippen LogP contribution in [-0.4, -0.2) is 21.5 Å². The molecule has 0 aromatic heterocycles. The van der Waals surface area contributed by atoms with E-state index in [1.165, 1.54) is 6.07 Å². The Labute approximate surface area is 137 Å². The molecule has 0 amide bonds. The van der Waals surface area contributed by atoms with Crippen LogP contribution < -0.4 is 10.0 Å². The molecule has 1 atom stereocenters. The summed E-state index contributed by atoms with van der Waals surface area (Å²) in [6.45, 7) is 7.58. The average molecular weight is 353 g/mol. The van der Waals surface area contributed by atoms with E-state index < -0.39 is 10.0 Å². The van der Waals surface area contributed by atoms with Gasteiger partial charge in [0.25, 0.3) is 0 Å². The van der Waals surface area contributed by atoms with Crippen molar-refractivity contribution in [2.24, 2.45) is 5.92 Å². The largest absolute Gasteiger partial charge is 0.313 e. The van der Waals surface area contributed by atoms with Gasteiger partial charge in [-0.3, -0.25) is 0 Å². The molecule has 0 aliphatic heterocycles. The first-order valence-electron chi connectivity index (χ1n) is 7.00. The molecule has 0 heterocycles. The van der Waals surface area contributed by atoms with E-state index in [0.29, 0.717) is 23.7 Å². The Hall–Kier alpha value is -0.330. The fraction of sp³-hybridized carbons (Fsp3) is 0.571. The molecule has 21 heavy (non-hydrogen) atoms. The van der Waals surface area contributed by atoms with Gasteiger partial charge in [0, 0.05) is 18.1 Å². The van der Waals surface area contributed by atoms with E-state index in [1.54, 1.807) is 6.07 Å². The predicted octanol–water partition coefficient (Wildman–Crippen LogP) is 3.43. The lowest BCUT2D eigenvalue weighted by Gasteiger charge is -2.14. The van der Waals surface area contributed by atoms with Gasteiger partial charge in [-0.05, 0) is 30.2 Å². The molecule has 0 aliphatic rings. The van der Waals surface area contributed by atoms with Crippen molar-refractivity contribution in [3.8, 4) is 0 Å². The van der Waals surface area contributed by atoms with Crippen LogP contribution in [0.15, 0.2) is 17.0 Å². The van der Waals surface area contributed by atoms with E-state index in [0.717, 1.165) is 13.0 Å². The first-order valence-corrected chi connectivity index (χ1v) is 9.24. The van der Waals surface area contributed by atoms with Gasteiger partial charge in [0.2, 0.25) is 10.0 Å². The maximum Gasteiger partial charge on any atom is 0.242 e. The number of rotatable bonds is 8. The van der Waals surface area contributed by atoms with Crippen LogP contribution in [0.3, 0.4) is 0 Å². The number of hydrogen-bond donors (Lipinski definition) is 2. The van der Waals surface area contributed by atoms with E-state index in [-0.39, 0.29) is 15.8 Å². The van der Waals surface area contributed by atoms with Crippen molar-refractivity contribution >= 4 is 33.2 Å². The van der Waals surface area contributed by atoms with Gasteiger partial charge >= 0.3 is 0 Å². The van der Waals surface area contributed by atoms with Crippen molar-refractivity contribution in [2.75, 3.05) is 13.1 Å². The summed E-state index contributed by atoms with van der Waals surface area (Å²) in [5, 5.41) is 3.69. The van der Waals surface area contributed by atoms with E-state index in [1.807, 2.05) is 20.8 Å². The van der Waals surface area contributed by atoms with Crippen molar-refractivity contribution in [1.82, 2.24) is 10.0 Å². The summed E-state index contributed by atoms with van der Waals surface area (Å²) in [6.07, 6.45) is 0.900. The van der Waals surface area contributed by atoms with Gasteiger partial charge in [0.1, 0.15) is 4.90 Å². The molecule has 4 nitrogen and oxygen atoms in total. The molecule has 0 bridgehead atoms. The summed E-state index contributed by atoms with van der Waals surface area (Å²) in [5.74, 6) is 0.263. The quantitative estimate of drug-likeness (QED) is 0.753. The molecule has 0 radical (unpaired) electrons. The smallest absolute Gasteiger partial charge is 0.242 e. The number of hydrogen-bond acceptors (Lipinski definition) is 3. The van der Waals surface area contributed by atoms with Crippen LogP contribution in [0.5, 0.6) is 0 Å². The summed E-state index contributed by atoms with van der Waals surface area (Å²) < 4.78 is 27.3. The standard InChI is InChI=1S/C14H22Cl2N2O2S/c1-4-10(3)8-18-21(19,20)13-7-12(15)6-11(14(13)16)9-17-5-2/h6-7,10,17-18H,4-5,8-9H2,1-3H3. The molecule has 1 aromatic carbocycles. The lowest BCUT2D eigenvalue weighted by Crippen LogP contribution is -2.28. The third-order valence-corrected chi connectivity index (χ3v) is 5.48. The van der Waals surface area contributed by atoms with Gasteiger partial charge < -0.3 is 5.32 Å². The summed E-state index contributed by atoms with van der Waals surface area (Å²) in [6, 6.07) is 3.07. The third-order valence-electron chi connectivity index (χ3n) is 3.25. The van der Waals surface area contributed by atoms with Crippen molar-refractivity contribution < 1.29 is 8.42 Å². The second kappa shape index (κ2) is 8.34. The van der Waals surface area contributed by atoms with Gasteiger partial charge in [-0.25, -0.2) is 13.1 Å². The molecule has 0 saturated carbocycles. The maximum absolute atomic E-state index is 12.4. The molecule has 0 aliphatic carbocycles. The summed E-state index contributed by atoms with van der Waals surface area (Å²) in [7, 11) is -3.66. The fourth-order valence-electron chi connectivity index (χ4n) is 1.68. The van der Waals surface area contributed by atoms with Crippen LogP contribution in [0.1, 0.15) is 32.8 Å². The number of nitrogens with one attached hydrogen (secondary N) is 2. The van der Waals surface area contributed by atoms with Crippen LogP contribution in [0.25, 0.3) is 0 Å². The molecule has 0 spiro atoms. The zero-order valence-electron chi connectivity index (χ0n) is 12.5. The molecular weight excluding hydrogens is 331 g/mol. The molecule has 7 heteroatoms. The van der Waals surface area contributed by atoms with Gasteiger partial charge in [-0.2, -0.15) is 0 Å². The van der Waals surface area contributed by atoms with Crippen molar-refractivity contribution in [3.05, 3.63) is 27.7 Å². The summed E-state index contributed by atoms with van der Waals surface area (Å²) in [5.41, 5.74) is 0.676. The van der Waals surface area contributed by atoms with Gasteiger partial charge in [0.05, 0.1) is 5.02 Å². The van der Waals surface area contributed by atoms with Crippen LogP contribution in [0.4, 0.5) is 0 Å². The number of sulfonamides is 1. The Morgan fingerprint density at radius 2 is 1.90 bits per heavy atom. The minimum atomic E-state index is -3.66. The maximum atomic E-state index is 12.4. The topological polar surface area (TPSA) is 58.2 Å². The highest BCUT2D eigenvalue weighted by Gasteiger charge is 2.21. The molecule has 1 unspecified atom stereocenters. The van der Waals surface area contributed by atoms with Crippen LogP contribution in [0.2, 0.25) is 10.0 Å². The average Bonchev–Trinajstić information content (AvgIpc) is 2.45. The van der Waals surface area contributed by atoms with Crippen LogP contribution in [-0.2, 0) is 16.6 Å². The van der Waals surface area contributed by atoms with E-state index in [4.69, 9.17) is 23.2 Å². The van der Waals surface area contributed by atoms with E-state index in [9.17, 15) is 8.42 Å². The monoisotopic (exact) mass is 352 g/mol. The molecule has 120 valence electrons. The molecule has 0 fully saturated rings. The second-order valence-corrected chi connectivity index (χ2v) is 7.57. The Bertz CT molecular complexity index is 577. The zero-order valence-corrected chi connectivity index (χ0v) is 14.9. The third kappa shape index (κ3) is 5.42. The minimum Gasteiger partial charge on any atom is -0.313 e. The molecule has 0 saturated heterocycles. The van der Waals surface area contributed by atoms with Crippen LogP contribution in [0, 0.1) is 5.92 Å². The second-order valence-electron chi connectivity index (χ2n) is 5.02. The Kier molecular flexibility index (Phi) is 7.44. The summed E-state index contributed by atoms with van der Waals surface area (Å²) in [4.78, 5) is 0.0351. The van der Waals surface area contributed by atoms with Crippen molar-refractivity contribution in [1.29, 1.82) is 0 Å². The van der Waals surface area contributed by atoms with Gasteiger partial charge in [0.15, 0.2) is 0 Å². The molecule has 1 aromatic rings. The molecule has 2 N–H and O–H groups in total. The lowest BCUT2D eigenvalue weighted by molar-refractivity contribution is 0.528. The number of halogens is 2. The molecule has 1 rings (SSSR count).